The van der Waals surface area contributed by atoms with E-state index in [2.05, 4.69) is 89.3 Å². The van der Waals surface area contributed by atoms with Crippen molar-refractivity contribution < 1.29 is 26.2 Å². The predicted octanol–water partition coefficient (Wildman–Crippen LogP) is 9.08. The third kappa shape index (κ3) is 5.42. The number of para-hydroxylation sites is 3. The first-order chi connectivity index (χ1) is 20.7. The summed E-state index contributed by atoms with van der Waals surface area (Å²) in [6.45, 7) is 2.23. The van der Waals surface area contributed by atoms with Crippen LogP contribution in [-0.2, 0) is 21.1 Å². The van der Waals surface area contributed by atoms with Gasteiger partial charge in [0.15, 0.2) is 0 Å². The van der Waals surface area contributed by atoms with E-state index in [4.69, 9.17) is 4.98 Å². The van der Waals surface area contributed by atoms with Crippen molar-refractivity contribution in [3.05, 3.63) is 157 Å². The topological polar surface area (TPSA) is 50.9 Å². The Bertz CT molecular complexity index is 2000. The number of hydrogen-bond acceptors (Lipinski definition) is 3. The molecule has 1 atom stereocenters. The van der Waals surface area contributed by atoms with E-state index in [-0.39, 0.29) is 32.7 Å². The zero-order valence-electron chi connectivity index (χ0n) is 23.5. The van der Waals surface area contributed by atoms with Crippen LogP contribution in [0.4, 0.5) is 0 Å². The van der Waals surface area contributed by atoms with Crippen LogP contribution in [0.3, 0.4) is 0 Å². The SMILES string of the molecule is CC(c1ccccc1)c1cc(-c2ccccn2)[c-]c(-c2cccc3c2nc(-c2ccccc2O)n3-c2ccccc2)c1.[Pt]. The molecule has 212 valence electrons. The van der Waals surface area contributed by atoms with Gasteiger partial charge < -0.3 is 5.11 Å². The van der Waals surface area contributed by atoms with Gasteiger partial charge in [-0.1, -0.05) is 103 Å². The second-order valence-corrected chi connectivity index (χ2v) is 10.4. The minimum Gasteiger partial charge on any atom is -0.507 e. The van der Waals surface area contributed by atoms with Gasteiger partial charge in [0, 0.05) is 38.6 Å². The van der Waals surface area contributed by atoms with Gasteiger partial charge in [-0.3, -0.25) is 9.55 Å². The van der Waals surface area contributed by atoms with Gasteiger partial charge in [-0.15, -0.1) is 29.3 Å². The van der Waals surface area contributed by atoms with Gasteiger partial charge in [-0.2, -0.15) is 0 Å². The van der Waals surface area contributed by atoms with E-state index in [1.165, 1.54) is 11.1 Å². The number of benzene rings is 5. The molecule has 0 aliphatic rings. The summed E-state index contributed by atoms with van der Waals surface area (Å²) in [7, 11) is 0. The fourth-order valence-corrected chi connectivity index (χ4v) is 5.58. The number of phenols is 1. The smallest absolute Gasteiger partial charge is 0.148 e. The molecule has 0 fully saturated rings. The molecule has 43 heavy (non-hydrogen) atoms. The summed E-state index contributed by atoms with van der Waals surface area (Å²) in [6, 6.07) is 48.3. The van der Waals surface area contributed by atoms with Crippen molar-refractivity contribution in [3.63, 3.8) is 0 Å². The number of rotatable bonds is 6. The minimum absolute atomic E-state index is 0. The maximum absolute atomic E-state index is 10.8. The van der Waals surface area contributed by atoms with E-state index in [0.29, 0.717) is 11.4 Å². The van der Waals surface area contributed by atoms with Crippen molar-refractivity contribution >= 4 is 11.0 Å². The molecule has 0 spiro atoms. The average Bonchev–Trinajstić information content (AvgIpc) is 3.45. The summed E-state index contributed by atoms with van der Waals surface area (Å²) >= 11 is 0. The van der Waals surface area contributed by atoms with Gasteiger partial charge in [-0.25, -0.2) is 4.98 Å². The van der Waals surface area contributed by atoms with E-state index in [9.17, 15) is 5.11 Å². The minimum atomic E-state index is 0. The Morgan fingerprint density at radius 2 is 1.35 bits per heavy atom. The van der Waals surface area contributed by atoms with E-state index in [0.717, 1.165) is 39.1 Å². The zero-order valence-corrected chi connectivity index (χ0v) is 25.7. The molecule has 0 saturated heterocycles. The molecular weight excluding hydrogens is 710 g/mol. The van der Waals surface area contributed by atoms with E-state index in [1.54, 1.807) is 6.07 Å². The van der Waals surface area contributed by atoms with Gasteiger partial charge in [0.2, 0.25) is 0 Å². The molecule has 2 aromatic heterocycles. The second-order valence-electron chi connectivity index (χ2n) is 10.4. The Morgan fingerprint density at radius 1 is 0.674 bits per heavy atom. The van der Waals surface area contributed by atoms with Crippen LogP contribution >= 0.6 is 0 Å². The molecular formula is C38H28N3OPt-. The average molecular weight is 738 g/mol. The van der Waals surface area contributed by atoms with Crippen molar-refractivity contribution in [2.24, 2.45) is 0 Å². The van der Waals surface area contributed by atoms with E-state index >= 15 is 0 Å². The first kappa shape index (κ1) is 28.3. The molecule has 1 N–H and O–H groups in total. The maximum Gasteiger partial charge on any atom is 0.148 e. The molecule has 5 heteroatoms. The predicted molar refractivity (Wildman–Crippen MR) is 170 cm³/mol. The zero-order chi connectivity index (χ0) is 28.5. The van der Waals surface area contributed by atoms with Crippen LogP contribution < -0.4 is 0 Å². The molecule has 4 nitrogen and oxygen atoms in total. The normalized spacial score (nSPS) is 11.7. The van der Waals surface area contributed by atoms with Crippen LogP contribution in [0.15, 0.2) is 140 Å². The summed E-state index contributed by atoms with van der Waals surface area (Å²) in [4.78, 5) is 9.85. The summed E-state index contributed by atoms with van der Waals surface area (Å²) in [5.74, 6) is 1.04. The second kappa shape index (κ2) is 12.2. The molecule has 0 aliphatic heterocycles. The fraction of sp³-hybridized carbons (Fsp3) is 0.0526. The number of phenolic OH excluding ortho intramolecular Hbond substituents is 1. The van der Waals surface area contributed by atoms with Crippen LogP contribution in [0.5, 0.6) is 5.75 Å². The van der Waals surface area contributed by atoms with Gasteiger partial charge >= 0.3 is 0 Å². The quantitative estimate of drug-likeness (QED) is 0.173. The Labute approximate surface area is 265 Å². The van der Waals surface area contributed by atoms with Crippen molar-refractivity contribution in [1.29, 1.82) is 0 Å². The third-order valence-electron chi connectivity index (χ3n) is 7.77. The third-order valence-corrected chi connectivity index (χ3v) is 7.77. The van der Waals surface area contributed by atoms with Gasteiger partial charge in [0.25, 0.3) is 0 Å². The number of fused-ring (bicyclic) bond motifs is 1. The Hall–Kier alpha value is -4.79. The number of pyridine rings is 1. The molecule has 0 radical (unpaired) electrons. The van der Waals surface area contributed by atoms with Crippen molar-refractivity contribution in [2.75, 3.05) is 0 Å². The van der Waals surface area contributed by atoms with E-state index in [1.807, 2.05) is 66.9 Å². The molecule has 2 heterocycles. The standard InChI is InChI=1S/C38H28N3O.Pt/c1-26(27-13-4-2-5-14-27)28-23-29(25-30(24-28)34-19-10-11-22-39-34)32-18-12-20-35-37(32)40-38(33-17-8-9-21-36(33)42)41(35)31-15-6-3-7-16-31;/h2-24,26,42H,1H3;/q-1;. The van der Waals surface area contributed by atoms with Gasteiger partial charge in [0.05, 0.1) is 16.6 Å². The first-order valence-corrected chi connectivity index (χ1v) is 14.1. The number of hydrogen-bond donors (Lipinski definition) is 1. The Morgan fingerprint density at radius 3 is 2.09 bits per heavy atom. The maximum atomic E-state index is 10.8. The summed E-state index contributed by atoms with van der Waals surface area (Å²) in [6.07, 6.45) is 1.82. The molecule has 5 aromatic carbocycles. The molecule has 0 saturated carbocycles. The monoisotopic (exact) mass is 737 g/mol. The molecule has 1 unspecified atom stereocenters. The van der Waals surface area contributed by atoms with Crippen molar-refractivity contribution in [3.8, 4) is 45.2 Å². The molecule has 0 bridgehead atoms. The van der Waals surface area contributed by atoms with Crippen LogP contribution in [-0.4, -0.2) is 19.6 Å². The fourth-order valence-electron chi connectivity index (χ4n) is 5.58. The largest absolute Gasteiger partial charge is 0.507 e. The summed E-state index contributed by atoms with van der Waals surface area (Å²) in [5.41, 5.74) is 9.59. The van der Waals surface area contributed by atoms with Crippen LogP contribution in [0, 0.1) is 6.07 Å². The van der Waals surface area contributed by atoms with E-state index < -0.39 is 0 Å². The summed E-state index contributed by atoms with van der Waals surface area (Å²) in [5, 5.41) is 10.8. The number of nitrogens with zero attached hydrogens (tertiary/aromatic N) is 3. The van der Waals surface area contributed by atoms with Crippen LogP contribution in [0.2, 0.25) is 0 Å². The number of aromatic hydroxyl groups is 1. The van der Waals surface area contributed by atoms with Gasteiger partial charge in [-0.05, 0) is 47.9 Å². The number of aromatic nitrogens is 3. The molecule has 7 aromatic rings. The Kier molecular flexibility index (Phi) is 8.05. The first-order valence-electron chi connectivity index (χ1n) is 14.1. The molecule has 0 amide bonds. The van der Waals surface area contributed by atoms with Crippen molar-refractivity contribution in [2.45, 2.75) is 12.8 Å². The van der Waals surface area contributed by atoms with Crippen LogP contribution in [0.25, 0.3) is 50.5 Å². The number of imidazole rings is 1. The molecule has 7 rings (SSSR count). The molecule has 0 aliphatic carbocycles. The van der Waals surface area contributed by atoms with Crippen LogP contribution in [0.1, 0.15) is 24.0 Å². The summed E-state index contributed by atoms with van der Waals surface area (Å²) < 4.78 is 2.12. The Balaban J connectivity index is 0.00000329. The van der Waals surface area contributed by atoms with Gasteiger partial charge in [0.1, 0.15) is 11.6 Å². The van der Waals surface area contributed by atoms with Crippen molar-refractivity contribution in [1.82, 2.24) is 14.5 Å².